The Balaban J connectivity index is 2.74. The quantitative estimate of drug-likeness (QED) is 0.629. The summed E-state index contributed by atoms with van der Waals surface area (Å²) in [5, 5.41) is 0. The summed E-state index contributed by atoms with van der Waals surface area (Å²) in [5.41, 5.74) is 5.68. The fourth-order valence-electron chi connectivity index (χ4n) is 1.75. The van der Waals surface area contributed by atoms with Gasteiger partial charge in [-0.3, -0.25) is 0 Å². The summed E-state index contributed by atoms with van der Waals surface area (Å²) in [6.07, 6.45) is 5.56. The Morgan fingerprint density at radius 3 is 2.83 bits per heavy atom. The average molecular weight is 223 g/mol. The predicted molar refractivity (Wildman–Crippen MR) is 56.4 cm³/mol. The van der Waals surface area contributed by atoms with Crippen molar-refractivity contribution < 1.29 is 0 Å². The molecule has 1 heteroatoms. The summed E-state index contributed by atoms with van der Waals surface area (Å²) in [7, 11) is 0. The van der Waals surface area contributed by atoms with Crippen LogP contribution in [0.4, 0.5) is 0 Å². The zero-order chi connectivity index (χ0) is 8.72. The predicted octanol–water partition coefficient (Wildman–Crippen LogP) is 3.64. The Morgan fingerprint density at radius 2 is 2.08 bits per heavy atom. The molecule has 0 aliphatic heterocycles. The molecule has 62 valence electrons. The van der Waals surface area contributed by atoms with E-state index in [4.69, 9.17) is 0 Å². The van der Waals surface area contributed by atoms with Crippen LogP contribution >= 0.6 is 15.9 Å². The molecule has 0 heterocycles. The van der Waals surface area contributed by atoms with Crippen molar-refractivity contribution in [1.82, 2.24) is 0 Å². The van der Waals surface area contributed by atoms with Crippen LogP contribution in [0.1, 0.15) is 22.3 Å². The molecule has 0 nitrogen and oxygen atoms in total. The molecule has 0 amide bonds. The molecule has 12 heavy (non-hydrogen) atoms. The largest absolute Gasteiger partial charge is 0.0795 e. The van der Waals surface area contributed by atoms with Gasteiger partial charge in [0.05, 0.1) is 0 Å². The van der Waals surface area contributed by atoms with E-state index in [0.717, 1.165) is 6.42 Å². The molecule has 1 aromatic rings. The summed E-state index contributed by atoms with van der Waals surface area (Å²) in [6.45, 7) is 4.34. The van der Waals surface area contributed by atoms with Gasteiger partial charge in [-0.15, -0.1) is 0 Å². The first-order valence-corrected chi connectivity index (χ1v) is 4.94. The van der Waals surface area contributed by atoms with E-state index in [-0.39, 0.29) is 0 Å². The van der Waals surface area contributed by atoms with Crippen molar-refractivity contribution in [2.75, 3.05) is 0 Å². The minimum Gasteiger partial charge on any atom is -0.0795 e. The van der Waals surface area contributed by atoms with E-state index in [1.165, 1.54) is 26.7 Å². The zero-order valence-corrected chi connectivity index (χ0v) is 8.90. The molecule has 0 radical (unpaired) electrons. The fraction of sp³-hybridized carbons (Fsp3) is 0.273. The summed E-state index contributed by atoms with van der Waals surface area (Å²) in [5.74, 6) is 0. The normalized spacial score (nSPS) is 13.6. The zero-order valence-electron chi connectivity index (χ0n) is 7.32. The van der Waals surface area contributed by atoms with E-state index in [2.05, 4.69) is 48.0 Å². The first-order chi connectivity index (χ1) is 5.70. The molecule has 1 aliphatic carbocycles. The monoisotopic (exact) mass is 222 g/mol. The Bertz CT molecular complexity index is 362. The average Bonchev–Trinajstić information content (AvgIpc) is 2.48. The maximum atomic E-state index is 3.57. The van der Waals surface area contributed by atoms with Gasteiger partial charge in [-0.2, -0.15) is 0 Å². The highest BCUT2D eigenvalue weighted by Gasteiger charge is 2.12. The molecule has 1 aliphatic rings. The van der Waals surface area contributed by atoms with Crippen molar-refractivity contribution >= 4 is 22.0 Å². The van der Waals surface area contributed by atoms with Gasteiger partial charge in [-0.25, -0.2) is 0 Å². The summed E-state index contributed by atoms with van der Waals surface area (Å²) < 4.78 is 1.24. The Labute approximate surface area is 81.4 Å². The summed E-state index contributed by atoms with van der Waals surface area (Å²) in [6, 6.07) is 2.20. The molecule has 0 atom stereocenters. The maximum Gasteiger partial charge on any atom is 0.0210 e. The molecule has 0 aromatic heterocycles. The van der Waals surface area contributed by atoms with E-state index in [1.807, 2.05) is 0 Å². The molecule has 0 unspecified atom stereocenters. The number of fused-ring (bicyclic) bond motifs is 1. The van der Waals surface area contributed by atoms with Crippen molar-refractivity contribution in [1.29, 1.82) is 0 Å². The van der Waals surface area contributed by atoms with Crippen LogP contribution in [0.3, 0.4) is 0 Å². The molecule has 1 aromatic carbocycles. The van der Waals surface area contributed by atoms with Crippen molar-refractivity contribution in [3.8, 4) is 0 Å². The minimum absolute atomic E-state index is 1.10. The van der Waals surface area contributed by atoms with Crippen molar-refractivity contribution in [2.45, 2.75) is 20.3 Å². The van der Waals surface area contributed by atoms with Crippen LogP contribution in [0.15, 0.2) is 16.6 Å². The van der Waals surface area contributed by atoms with Crippen LogP contribution in [0, 0.1) is 13.8 Å². The van der Waals surface area contributed by atoms with Crippen LogP contribution in [0.2, 0.25) is 0 Å². The number of halogens is 1. The van der Waals surface area contributed by atoms with E-state index in [9.17, 15) is 0 Å². The molecule has 0 saturated heterocycles. The standard InChI is InChI=1S/C11H11Br/c1-7-6-11(12)8(2)10-5-3-4-9(7)10/h3-4,6H,5H2,1-2H3. The molecule has 0 N–H and O–H groups in total. The van der Waals surface area contributed by atoms with E-state index in [1.54, 1.807) is 0 Å². The van der Waals surface area contributed by atoms with Crippen molar-refractivity contribution in [3.05, 3.63) is 38.9 Å². The van der Waals surface area contributed by atoms with Crippen LogP contribution in [0.5, 0.6) is 0 Å². The first-order valence-electron chi connectivity index (χ1n) is 4.15. The second kappa shape index (κ2) is 2.74. The molecule has 0 spiro atoms. The second-order valence-electron chi connectivity index (χ2n) is 3.30. The van der Waals surface area contributed by atoms with Crippen LogP contribution in [-0.2, 0) is 6.42 Å². The van der Waals surface area contributed by atoms with Crippen LogP contribution in [0.25, 0.3) is 6.08 Å². The SMILES string of the molecule is Cc1cc(Br)c(C)c2c1C=CC2. The van der Waals surface area contributed by atoms with Gasteiger partial charge in [0.25, 0.3) is 0 Å². The first kappa shape index (κ1) is 8.06. The van der Waals surface area contributed by atoms with Gasteiger partial charge in [0.15, 0.2) is 0 Å². The Hall–Kier alpha value is -0.560. The van der Waals surface area contributed by atoms with Gasteiger partial charge >= 0.3 is 0 Å². The highest BCUT2D eigenvalue weighted by atomic mass is 79.9. The third kappa shape index (κ3) is 1.04. The van der Waals surface area contributed by atoms with Crippen molar-refractivity contribution in [2.24, 2.45) is 0 Å². The van der Waals surface area contributed by atoms with Gasteiger partial charge in [-0.05, 0) is 48.6 Å². The number of hydrogen-bond acceptors (Lipinski definition) is 0. The minimum atomic E-state index is 1.10. The number of benzene rings is 1. The molecular weight excluding hydrogens is 212 g/mol. The number of rotatable bonds is 0. The highest BCUT2D eigenvalue weighted by molar-refractivity contribution is 9.10. The lowest BCUT2D eigenvalue weighted by Crippen LogP contribution is -1.91. The number of allylic oxidation sites excluding steroid dienone is 1. The Morgan fingerprint density at radius 1 is 1.33 bits per heavy atom. The third-order valence-corrected chi connectivity index (χ3v) is 3.33. The summed E-state index contributed by atoms with van der Waals surface area (Å²) >= 11 is 3.57. The summed E-state index contributed by atoms with van der Waals surface area (Å²) in [4.78, 5) is 0. The molecular formula is C11H11Br. The number of hydrogen-bond donors (Lipinski definition) is 0. The lowest BCUT2D eigenvalue weighted by atomic mass is 10.00. The van der Waals surface area contributed by atoms with Crippen LogP contribution in [-0.4, -0.2) is 0 Å². The number of aryl methyl sites for hydroxylation is 1. The van der Waals surface area contributed by atoms with Gasteiger partial charge in [0.2, 0.25) is 0 Å². The van der Waals surface area contributed by atoms with Gasteiger partial charge < -0.3 is 0 Å². The fourth-order valence-corrected chi connectivity index (χ4v) is 2.33. The molecule has 0 fully saturated rings. The molecule has 0 bridgehead atoms. The smallest absolute Gasteiger partial charge is 0.0210 e. The van der Waals surface area contributed by atoms with Crippen LogP contribution < -0.4 is 0 Å². The van der Waals surface area contributed by atoms with E-state index >= 15 is 0 Å². The lowest BCUT2D eigenvalue weighted by molar-refractivity contribution is 1.20. The second-order valence-corrected chi connectivity index (χ2v) is 4.15. The van der Waals surface area contributed by atoms with E-state index in [0.29, 0.717) is 0 Å². The van der Waals surface area contributed by atoms with E-state index < -0.39 is 0 Å². The molecule has 0 saturated carbocycles. The van der Waals surface area contributed by atoms with Gasteiger partial charge in [-0.1, -0.05) is 28.1 Å². The lowest BCUT2D eigenvalue weighted by Gasteiger charge is -2.09. The molecule has 2 rings (SSSR count). The highest BCUT2D eigenvalue weighted by Crippen LogP contribution is 2.31. The third-order valence-electron chi connectivity index (χ3n) is 2.51. The topological polar surface area (TPSA) is 0 Å². The van der Waals surface area contributed by atoms with Crippen molar-refractivity contribution in [3.63, 3.8) is 0 Å². The van der Waals surface area contributed by atoms with Gasteiger partial charge in [0, 0.05) is 4.47 Å². The Kier molecular flexibility index (Phi) is 1.84. The maximum absolute atomic E-state index is 3.57. The van der Waals surface area contributed by atoms with Gasteiger partial charge in [0.1, 0.15) is 0 Å².